The summed E-state index contributed by atoms with van der Waals surface area (Å²) in [6, 6.07) is 4.41. The second-order valence-corrected chi connectivity index (χ2v) is 3.83. The van der Waals surface area contributed by atoms with Crippen molar-refractivity contribution in [2.75, 3.05) is 6.61 Å². The monoisotopic (exact) mass is 278 g/mol. The zero-order valence-electron chi connectivity index (χ0n) is 11.1. The largest absolute Gasteiger partial charge is 0.479 e. The van der Waals surface area contributed by atoms with E-state index in [-0.39, 0.29) is 6.61 Å². The number of benzene rings is 1. The molecule has 0 aliphatic heterocycles. The lowest BCUT2D eigenvalue weighted by molar-refractivity contribution is -0.141. The van der Waals surface area contributed by atoms with Gasteiger partial charge in [-0.1, -0.05) is 0 Å². The van der Waals surface area contributed by atoms with Gasteiger partial charge >= 0.3 is 11.9 Å². The molecule has 106 valence electrons. The number of carboxylic acid groups (broad SMARTS) is 1. The molecule has 1 atom stereocenters. The van der Waals surface area contributed by atoms with Crippen LogP contribution in [0.25, 0.3) is 0 Å². The average molecular weight is 278 g/mol. The minimum atomic E-state index is -1.51. The lowest BCUT2D eigenvalue weighted by Crippen LogP contribution is -2.25. The molecule has 20 heavy (non-hydrogen) atoms. The Morgan fingerprint density at radius 2 is 1.85 bits per heavy atom. The van der Waals surface area contributed by atoms with E-state index >= 15 is 0 Å². The minimum absolute atomic E-state index is 0.277. The highest BCUT2D eigenvalue weighted by molar-refractivity contribution is 6.01. The van der Waals surface area contributed by atoms with Crippen LogP contribution < -0.4 is 0 Å². The Balaban J connectivity index is 2.81. The van der Waals surface area contributed by atoms with Crippen LogP contribution in [0.15, 0.2) is 34.5 Å². The van der Waals surface area contributed by atoms with Crippen LogP contribution >= 0.6 is 0 Å². The molecule has 0 bridgehead atoms. The number of esters is 1. The van der Waals surface area contributed by atoms with Gasteiger partial charge in [0.25, 0.3) is 0 Å². The maximum absolute atomic E-state index is 11.4. The van der Waals surface area contributed by atoms with Crippen molar-refractivity contribution in [1.29, 1.82) is 0 Å². The molecule has 0 aliphatic rings. The quantitative estimate of drug-likeness (QED) is 0.486. The highest BCUT2D eigenvalue weighted by Gasteiger charge is 2.21. The SMILES string of the molecule is CCOC(=O)c1ccc(N=NC(C(C)=O)C(=O)O)cc1. The maximum atomic E-state index is 11.4. The van der Waals surface area contributed by atoms with Crippen LogP contribution in [0.4, 0.5) is 5.69 Å². The van der Waals surface area contributed by atoms with Crippen molar-refractivity contribution >= 4 is 23.4 Å². The Hall–Kier alpha value is -2.57. The van der Waals surface area contributed by atoms with Crippen molar-refractivity contribution in [3.8, 4) is 0 Å². The number of hydrogen-bond acceptors (Lipinski definition) is 6. The highest BCUT2D eigenvalue weighted by Crippen LogP contribution is 2.15. The molecule has 0 spiro atoms. The first-order valence-electron chi connectivity index (χ1n) is 5.87. The maximum Gasteiger partial charge on any atom is 0.338 e. The number of hydrogen-bond donors (Lipinski definition) is 1. The fraction of sp³-hybridized carbons (Fsp3) is 0.308. The number of aliphatic carboxylic acids is 1. The van der Waals surface area contributed by atoms with E-state index in [1.165, 1.54) is 24.3 Å². The summed E-state index contributed by atoms with van der Waals surface area (Å²) in [5, 5.41) is 15.9. The van der Waals surface area contributed by atoms with E-state index in [0.29, 0.717) is 11.3 Å². The minimum Gasteiger partial charge on any atom is -0.479 e. The van der Waals surface area contributed by atoms with Gasteiger partial charge in [0.1, 0.15) is 0 Å². The number of rotatable bonds is 6. The van der Waals surface area contributed by atoms with Gasteiger partial charge in [-0.15, -0.1) is 0 Å². The van der Waals surface area contributed by atoms with Crippen LogP contribution in [0.2, 0.25) is 0 Å². The Morgan fingerprint density at radius 3 is 2.30 bits per heavy atom. The number of Topliss-reactive ketones (excluding diaryl/α,β-unsaturated/α-hetero) is 1. The first-order valence-corrected chi connectivity index (χ1v) is 5.87. The van der Waals surface area contributed by atoms with Gasteiger partial charge in [-0.25, -0.2) is 9.59 Å². The molecule has 1 aromatic carbocycles. The molecule has 1 aromatic rings. The van der Waals surface area contributed by atoms with E-state index in [9.17, 15) is 14.4 Å². The summed E-state index contributed by atoms with van der Waals surface area (Å²) in [4.78, 5) is 33.2. The van der Waals surface area contributed by atoms with Crippen molar-refractivity contribution in [3.05, 3.63) is 29.8 Å². The van der Waals surface area contributed by atoms with Crippen molar-refractivity contribution in [1.82, 2.24) is 0 Å². The van der Waals surface area contributed by atoms with Gasteiger partial charge in [0.15, 0.2) is 5.78 Å². The molecule has 0 heterocycles. The second-order valence-electron chi connectivity index (χ2n) is 3.83. The lowest BCUT2D eigenvalue weighted by Gasteiger charge is -2.02. The molecule has 0 amide bonds. The summed E-state index contributed by atoms with van der Waals surface area (Å²) in [5.41, 5.74) is 0.692. The molecular formula is C13H14N2O5. The van der Waals surface area contributed by atoms with Gasteiger partial charge in [-0.2, -0.15) is 10.2 Å². The smallest absolute Gasteiger partial charge is 0.338 e. The van der Waals surface area contributed by atoms with Crippen LogP contribution in [0.1, 0.15) is 24.2 Å². The van der Waals surface area contributed by atoms with Crippen LogP contribution in [0.5, 0.6) is 0 Å². The summed E-state index contributed by atoms with van der Waals surface area (Å²) >= 11 is 0. The molecule has 0 saturated carbocycles. The third kappa shape index (κ3) is 4.27. The summed E-state index contributed by atoms with van der Waals surface area (Å²) in [7, 11) is 0. The normalized spacial score (nSPS) is 12.1. The molecule has 0 aliphatic carbocycles. The number of ketones is 1. The third-order valence-corrected chi connectivity index (χ3v) is 2.29. The summed E-state index contributed by atoms with van der Waals surface area (Å²) in [6.45, 7) is 3.11. The average Bonchev–Trinajstić information content (AvgIpc) is 2.39. The zero-order valence-corrected chi connectivity index (χ0v) is 11.1. The standard InChI is InChI=1S/C13H14N2O5/c1-3-20-13(19)9-4-6-10(7-5-9)14-15-11(8(2)16)12(17)18/h4-7,11H,3H2,1-2H3,(H,17,18). The van der Waals surface area contributed by atoms with Crippen molar-refractivity contribution in [2.24, 2.45) is 10.2 Å². The van der Waals surface area contributed by atoms with Crippen LogP contribution in [-0.2, 0) is 14.3 Å². The van der Waals surface area contributed by atoms with Gasteiger partial charge in [-0.05, 0) is 38.1 Å². The molecule has 1 N–H and O–H groups in total. The fourth-order valence-electron chi connectivity index (χ4n) is 1.31. The lowest BCUT2D eigenvalue weighted by atomic mass is 10.2. The molecule has 7 nitrogen and oxygen atoms in total. The Morgan fingerprint density at radius 1 is 1.25 bits per heavy atom. The number of carbonyl (C=O) groups excluding carboxylic acids is 2. The van der Waals surface area contributed by atoms with Crippen molar-refractivity contribution in [3.63, 3.8) is 0 Å². The Labute approximate surface area is 115 Å². The number of ether oxygens (including phenoxy) is 1. The van der Waals surface area contributed by atoms with E-state index in [2.05, 4.69) is 10.2 Å². The molecule has 1 unspecified atom stereocenters. The highest BCUT2D eigenvalue weighted by atomic mass is 16.5. The van der Waals surface area contributed by atoms with Gasteiger partial charge < -0.3 is 9.84 Å². The van der Waals surface area contributed by atoms with E-state index in [1.54, 1.807) is 6.92 Å². The molecular weight excluding hydrogens is 264 g/mol. The number of carboxylic acids is 1. The zero-order chi connectivity index (χ0) is 15.1. The van der Waals surface area contributed by atoms with E-state index < -0.39 is 23.8 Å². The van der Waals surface area contributed by atoms with Crippen LogP contribution in [0.3, 0.4) is 0 Å². The van der Waals surface area contributed by atoms with E-state index in [1.807, 2.05) is 0 Å². The van der Waals surface area contributed by atoms with Crippen molar-refractivity contribution < 1.29 is 24.2 Å². The molecule has 0 radical (unpaired) electrons. The van der Waals surface area contributed by atoms with Gasteiger partial charge in [0, 0.05) is 0 Å². The number of carbonyl (C=O) groups is 3. The molecule has 1 rings (SSSR count). The number of azo groups is 1. The topological polar surface area (TPSA) is 105 Å². The fourth-order valence-corrected chi connectivity index (χ4v) is 1.31. The van der Waals surface area contributed by atoms with E-state index in [4.69, 9.17) is 9.84 Å². The third-order valence-electron chi connectivity index (χ3n) is 2.29. The number of nitrogens with zero attached hydrogens (tertiary/aromatic N) is 2. The van der Waals surface area contributed by atoms with E-state index in [0.717, 1.165) is 6.92 Å². The van der Waals surface area contributed by atoms with Gasteiger partial charge in [0.05, 0.1) is 17.9 Å². The summed E-state index contributed by atoms with van der Waals surface area (Å²) < 4.78 is 4.81. The predicted molar refractivity (Wildman–Crippen MR) is 69.0 cm³/mol. The predicted octanol–water partition coefficient (Wildman–Crippen LogP) is 1.99. The summed E-state index contributed by atoms with van der Waals surface area (Å²) in [6.07, 6.45) is 0. The van der Waals surface area contributed by atoms with Crippen LogP contribution in [-0.4, -0.2) is 35.5 Å². The van der Waals surface area contributed by atoms with Crippen LogP contribution in [0, 0.1) is 0 Å². The first-order chi connectivity index (χ1) is 9.45. The molecule has 0 saturated heterocycles. The molecule has 7 heteroatoms. The Kier molecular flexibility index (Phi) is 5.52. The first kappa shape index (κ1) is 15.5. The summed E-state index contributed by atoms with van der Waals surface area (Å²) in [5.74, 6) is -2.42. The molecule has 0 fully saturated rings. The Bertz CT molecular complexity index is 522. The van der Waals surface area contributed by atoms with Gasteiger partial charge in [-0.3, -0.25) is 4.79 Å². The molecule has 0 aromatic heterocycles. The second kappa shape index (κ2) is 7.13. The van der Waals surface area contributed by atoms with Gasteiger partial charge in [0.2, 0.25) is 6.04 Å². The van der Waals surface area contributed by atoms with Crippen molar-refractivity contribution in [2.45, 2.75) is 19.9 Å².